The Labute approximate surface area is 137 Å². The van der Waals surface area contributed by atoms with E-state index in [9.17, 15) is 4.79 Å². The van der Waals surface area contributed by atoms with Crippen LogP contribution >= 0.6 is 0 Å². The van der Waals surface area contributed by atoms with Crippen LogP contribution in [-0.2, 0) is 9.53 Å². The molecule has 0 aromatic heterocycles. The number of hydrogen-bond acceptors (Lipinski definition) is 4. The second-order valence-corrected chi connectivity index (χ2v) is 6.44. The zero-order chi connectivity index (χ0) is 17.0. The molecule has 132 valence electrons. The minimum absolute atomic E-state index is 0.119. The molecule has 22 heavy (non-hydrogen) atoms. The van der Waals surface area contributed by atoms with Crippen molar-refractivity contribution in [2.24, 2.45) is 23.3 Å². The van der Waals surface area contributed by atoms with Gasteiger partial charge in [0.1, 0.15) is 0 Å². The maximum atomic E-state index is 12.1. The van der Waals surface area contributed by atoms with Crippen LogP contribution in [0.4, 0.5) is 0 Å². The number of unbranched alkanes of at least 4 members (excludes halogenated alkanes) is 2. The predicted octanol–water partition coefficient (Wildman–Crippen LogP) is 3.96. The second-order valence-electron chi connectivity index (χ2n) is 6.44. The summed E-state index contributed by atoms with van der Waals surface area (Å²) in [6.07, 6.45) is 8.42. The molecule has 0 saturated heterocycles. The lowest BCUT2D eigenvalue weighted by atomic mass is 9.90. The number of carbonyl (C=O) groups is 1. The highest BCUT2D eigenvalue weighted by Crippen LogP contribution is 2.20. The van der Waals surface area contributed by atoms with Crippen LogP contribution in [0.2, 0.25) is 0 Å². The van der Waals surface area contributed by atoms with Crippen molar-refractivity contribution in [3.8, 4) is 0 Å². The molecule has 0 aromatic carbocycles. The molecule has 4 heteroatoms. The van der Waals surface area contributed by atoms with E-state index in [0.717, 1.165) is 51.4 Å². The van der Waals surface area contributed by atoms with Crippen molar-refractivity contribution >= 4 is 5.97 Å². The van der Waals surface area contributed by atoms with Crippen LogP contribution < -0.4 is 11.5 Å². The molecule has 0 fully saturated rings. The van der Waals surface area contributed by atoms with Crippen molar-refractivity contribution in [2.75, 3.05) is 0 Å². The number of carbonyl (C=O) groups excluding carboxylic acids is 1. The summed E-state index contributed by atoms with van der Waals surface area (Å²) in [6.45, 7) is 8.56. The van der Waals surface area contributed by atoms with Gasteiger partial charge in [-0.05, 0) is 25.2 Å². The first-order valence-electron chi connectivity index (χ1n) is 9.20. The van der Waals surface area contributed by atoms with Crippen LogP contribution in [0.1, 0.15) is 85.5 Å². The topological polar surface area (TPSA) is 78.3 Å². The van der Waals surface area contributed by atoms with Crippen molar-refractivity contribution in [1.29, 1.82) is 0 Å². The molecule has 0 aliphatic rings. The molecule has 0 bridgehead atoms. The summed E-state index contributed by atoms with van der Waals surface area (Å²) in [4.78, 5) is 12.1. The van der Waals surface area contributed by atoms with Gasteiger partial charge in [0.15, 0.2) is 6.23 Å². The molecule has 4 unspecified atom stereocenters. The molecular weight excluding hydrogens is 276 g/mol. The highest BCUT2D eigenvalue weighted by atomic mass is 16.6. The summed E-state index contributed by atoms with van der Waals surface area (Å²) in [7, 11) is 0. The fourth-order valence-electron chi connectivity index (χ4n) is 2.91. The number of hydrogen-bond donors (Lipinski definition) is 2. The van der Waals surface area contributed by atoms with E-state index >= 15 is 0 Å². The average molecular weight is 315 g/mol. The maximum Gasteiger partial charge on any atom is 0.308 e. The lowest BCUT2D eigenvalue weighted by molar-refractivity contribution is -0.152. The van der Waals surface area contributed by atoms with Crippen molar-refractivity contribution < 1.29 is 9.53 Å². The third-order valence-electron chi connectivity index (χ3n) is 4.65. The van der Waals surface area contributed by atoms with E-state index in [0.29, 0.717) is 5.92 Å². The Morgan fingerprint density at radius 3 is 1.86 bits per heavy atom. The first-order valence-corrected chi connectivity index (χ1v) is 9.20. The van der Waals surface area contributed by atoms with Crippen LogP contribution in [0.15, 0.2) is 0 Å². The molecule has 0 aromatic rings. The molecule has 4 N–H and O–H groups in total. The molecule has 4 atom stereocenters. The number of rotatable bonds is 13. The molecule has 0 aliphatic heterocycles. The van der Waals surface area contributed by atoms with Gasteiger partial charge in [-0.2, -0.15) is 0 Å². The Hall–Kier alpha value is -0.610. The fraction of sp³-hybridized carbons (Fsp3) is 0.944. The number of nitrogens with two attached hydrogens (primary N) is 2. The van der Waals surface area contributed by atoms with E-state index in [2.05, 4.69) is 27.7 Å². The monoisotopic (exact) mass is 314 g/mol. The van der Waals surface area contributed by atoms with Crippen molar-refractivity contribution in [3.63, 3.8) is 0 Å². The van der Waals surface area contributed by atoms with E-state index in [1.807, 2.05) is 0 Å². The lowest BCUT2D eigenvalue weighted by Crippen LogP contribution is -2.38. The summed E-state index contributed by atoms with van der Waals surface area (Å²) in [5, 5.41) is 0. The summed E-state index contributed by atoms with van der Waals surface area (Å²) in [5.41, 5.74) is 12.2. The van der Waals surface area contributed by atoms with Gasteiger partial charge in [0.2, 0.25) is 0 Å². The number of esters is 1. The molecular formula is C18H38N2O2. The third-order valence-corrected chi connectivity index (χ3v) is 4.65. The van der Waals surface area contributed by atoms with Crippen molar-refractivity contribution in [2.45, 2.75) is 97.8 Å². The van der Waals surface area contributed by atoms with Crippen LogP contribution in [0.25, 0.3) is 0 Å². The summed E-state index contributed by atoms with van der Waals surface area (Å²) in [6, 6.07) is -0.119. The lowest BCUT2D eigenvalue weighted by Gasteiger charge is -2.25. The summed E-state index contributed by atoms with van der Waals surface area (Å²) >= 11 is 0. The van der Waals surface area contributed by atoms with Gasteiger partial charge in [0, 0.05) is 12.0 Å². The Morgan fingerprint density at radius 2 is 1.41 bits per heavy atom. The van der Waals surface area contributed by atoms with E-state index in [-0.39, 0.29) is 24.3 Å². The van der Waals surface area contributed by atoms with Crippen LogP contribution in [0.3, 0.4) is 0 Å². The molecule has 0 spiro atoms. The van der Waals surface area contributed by atoms with Gasteiger partial charge in [-0.25, -0.2) is 0 Å². The Balaban J connectivity index is 4.28. The molecule has 0 heterocycles. The number of ether oxygens (including phenoxy) is 1. The summed E-state index contributed by atoms with van der Waals surface area (Å²) < 4.78 is 5.43. The molecule has 0 amide bonds. The van der Waals surface area contributed by atoms with E-state index < -0.39 is 6.23 Å². The average Bonchev–Trinajstić information content (AvgIpc) is 2.48. The molecule has 0 saturated carbocycles. The highest BCUT2D eigenvalue weighted by molar-refractivity contribution is 5.70. The zero-order valence-corrected chi connectivity index (χ0v) is 15.1. The van der Waals surface area contributed by atoms with Gasteiger partial charge in [0.25, 0.3) is 0 Å². The minimum atomic E-state index is -0.494. The Morgan fingerprint density at radius 1 is 0.909 bits per heavy atom. The van der Waals surface area contributed by atoms with Crippen molar-refractivity contribution in [1.82, 2.24) is 0 Å². The van der Waals surface area contributed by atoms with Gasteiger partial charge in [-0.3, -0.25) is 10.5 Å². The predicted molar refractivity (Wildman–Crippen MR) is 93.3 cm³/mol. The molecule has 0 aliphatic carbocycles. The van der Waals surface area contributed by atoms with E-state index in [1.54, 1.807) is 0 Å². The first-order chi connectivity index (χ1) is 10.5. The van der Waals surface area contributed by atoms with Crippen molar-refractivity contribution in [3.05, 3.63) is 0 Å². The van der Waals surface area contributed by atoms with Crippen LogP contribution in [0.5, 0.6) is 0 Å². The van der Waals surface area contributed by atoms with E-state index in [4.69, 9.17) is 16.2 Å². The van der Waals surface area contributed by atoms with Gasteiger partial charge < -0.3 is 10.5 Å². The Bertz CT molecular complexity index is 258. The van der Waals surface area contributed by atoms with Gasteiger partial charge in [0.05, 0.1) is 6.42 Å². The zero-order valence-electron chi connectivity index (χ0n) is 15.1. The van der Waals surface area contributed by atoms with E-state index in [1.165, 1.54) is 0 Å². The SMILES string of the molecule is CCCCC(CC)C(N)CC(=O)OC(N)C(CC)CCCC. The first kappa shape index (κ1) is 21.4. The van der Waals surface area contributed by atoms with Gasteiger partial charge in [-0.1, -0.05) is 59.8 Å². The standard InChI is InChI=1S/C18H38N2O2/c1-5-9-11-14(7-3)16(19)13-17(21)22-18(20)15(8-4)12-10-6-2/h14-16,18H,5-13,19-20H2,1-4H3. The smallest absolute Gasteiger partial charge is 0.308 e. The maximum absolute atomic E-state index is 12.1. The second kappa shape index (κ2) is 12.9. The molecule has 0 radical (unpaired) electrons. The summed E-state index contributed by atoms with van der Waals surface area (Å²) in [5.74, 6) is 0.401. The minimum Gasteiger partial charge on any atom is -0.446 e. The van der Waals surface area contributed by atoms with Gasteiger partial charge >= 0.3 is 5.97 Å². The highest BCUT2D eigenvalue weighted by Gasteiger charge is 2.23. The third kappa shape index (κ3) is 8.74. The normalized spacial score (nSPS) is 16.8. The molecule has 4 nitrogen and oxygen atoms in total. The van der Waals surface area contributed by atoms with Crippen LogP contribution in [0, 0.1) is 11.8 Å². The van der Waals surface area contributed by atoms with Gasteiger partial charge in [-0.15, -0.1) is 0 Å². The Kier molecular flexibility index (Phi) is 12.5. The fourth-order valence-corrected chi connectivity index (χ4v) is 2.91. The molecule has 0 rings (SSSR count). The quantitative estimate of drug-likeness (QED) is 0.398. The largest absolute Gasteiger partial charge is 0.446 e. The van der Waals surface area contributed by atoms with Crippen LogP contribution in [-0.4, -0.2) is 18.2 Å².